The number of sulfone groups is 1. The van der Waals surface area contributed by atoms with Crippen molar-refractivity contribution in [2.24, 2.45) is 0 Å². The first-order valence-electron chi connectivity index (χ1n) is 3.48. The number of hydrogen-bond acceptors (Lipinski definition) is 5. The standard InChI is InChI=1S/C6H4F2N2O4S/c7-6(8)15(13,14)5-2-1-4(3-9-5)10(11)12/h1-3,6H. The quantitative estimate of drug-likeness (QED) is 0.578. The van der Waals surface area contributed by atoms with E-state index in [1.807, 2.05) is 0 Å². The molecule has 1 rings (SSSR count). The summed E-state index contributed by atoms with van der Waals surface area (Å²) >= 11 is 0. The van der Waals surface area contributed by atoms with Crippen molar-refractivity contribution in [2.45, 2.75) is 10.8 Å². The first kappa shape index (κ1) is 11.4. The summed E-state index contributed by atoms with van der Waals surface area (Å²) in [6.45, 7) is 0. The summed E-state index contributed by atoms with van der Waals surface area (Å²) in [5.41, 5.74) is -0.469. The highest BCUT2D eigenvalue weighted by Crippen LogP contribution is 2.18. The molecule has 0 aliphatic rings. The molecule has 0 saturated heterocycles. The highest BCUT2D eigenvalue weighted by atomic mass is 32.2. The van der Waals surface area contributed by atoms with Gasteiger partial charge in [0.05, 0.1) is 4.92 Å². The summed E-state index contributed by atoms with van der Waals surface area (Å²) in [7, 11) is -4.79. The molecule has 0 N–H and O–H groups in total. The van der Waals surface area contributed by atoms with E-state index >= 15 is 0 Å². The molecule has 1 aromatic rings. The number of halogens is 2. The first-order valence-corrected chi connectivity index (χ1v) is 5.03. The molecule has 0 spiro atoms. The van der Waals surface area contributed by atoms with E-state index in [1.54, 1.807) is 0 Å². The number of rotatable bonds is 3. The van der Waals surface area contributed by atoms with Crippen LogP contribution in [-0.4, -0.2) is 24.1 Å². The molecule has 0 aliphatic carbocycles. The van der Waals surface area contributed by atoms with Crippen molar-refractivity contribution in [1.82, 2.24) is 4.98 Å². The normalized spacial score (nSPS) is 11.7. The maximum atomic E-state index is 12.0. The van der Waals surface area contributed by atoms with Crippen LogP contribution in [0.15, 0.2) is 23.4 Å². The monoisotopic (exact) mass is 238 g/mol. The molecule has 15 heavy (non-hydrogen) atoms. The third-order valence-electron chi connectivity index (χ3n) is 1.46. The SMILES string of the molecule is O=[N+]([O-])c1ccc(S(=O)(=O)C(F)F)nc1. The minimum absolute atomic E-state index is 0.469. The smallest absolute Gasteiger partial charge is 0.258 e. The fourth-order valence-electron chi connectivity index (χ4n) is 0.740. The van der Waals surface area contributed by atoms with Gasteiger partial charge in [0.2, 0.25) is 0 Å². The Labute approximate surface area is 82.6 Å². The van der Waals surface area contributed by atoms with E-state index in [1.165, 1.54) is 0 Å². The summed E-state index contributed by atoms with van der Waals surface area (Å²) in [6, 6.07) is 1.46. The summed E-state index contributed by atoms with van der Waals surface area (Å²) in [5, 5.41) is 9.28. The van der Waals surface area contributed by atoms with Gasteiger partial charge in [0.15, 0.2) is 5.03 Å². The van der Waals surface area contributed by atoms with Crippen LogP contribution in [0.5, 0.6) is 0 Å². The van der Waals surface area contributed by atoms with Crippen molar-refractivity contribution < 1.29 is 22.1 Å². The molecule has 9 heteroatoms. The minimum Gasteiger partial charge on any atom is -0.258 e. The lowest BCUT2D eigenvalue weighted by atomic mass is 10.4. The average Bonchev–Trinajstić information content (AvgIpc) is 2.17. The molecule has 0 aliphatic heterocycles. The van der Waals surface area contributed by atoms with E-state index < -0.39 is 31.2 Å². The largest absolute Gasteiger partial charge is 0.342 e. The molecular formula is C6H4F2N2O4S. The van der Waals surface area contributed by atoms with Crippen LogP contribution in [0.25, 0.3) is 0 Å². The number of pyridine rings is 1. The molecule has 0 saturated carbocycles. The van der Waals surface area contributed by atoms with Crippen molar-refractivity contribution in [3.8, 4) is 0 Å². The van der Waals surface area contributed by atoms with Crippen LogP contribution in [0.2, 0.25) is 0 Å². The summed E-state index contributed by atoms with van der Waals surface area (Å²) in [5.74, 6) is -3.59. The Kier molecular flexibility index (Phi) is 2.93. The van der Waals surface area contributed by atoms with E-state index in [-0.39, 0.29) is 0 Å². The van der Waals surface area contributed by atoms with Crippen LogP contribution in [0.1, 0.15) is 0 Å². The van der Waals surface area contributed by atoms with Gasteiger partial charge in [0, 0.05) is 6.07 Å². The Hall–Kier alpha value is -1.64. The van der Waals surface area contributed by atoms with Crippen molar-refractivity contribution in [3.05, 3.63) is 28.4 Å². The lowest BCUT2D eigenvalue weighted by Gasteiger charge is -2.00. The van der Waals surface area contributed by atoms with Gasteiger partial charge >= 0.3 is 5.76 Å². The molecule has 0 radical (unpaired) electrons. The third kappa shape index (κ3) is 2.24. The van der Waals surface area contributed by atoms with Gasteiger partial charge in [-0.3, -0.25) is 10.1 Å². The molecule has 0 amide bonds. The van der Waals surface area contributed by atoms with Crippen LogP contribution in [0.3, 0.4) is 0 Å². The number of nitrogens with zero attached hydrogens (tertiary/aromatic N) is 2. The molecular weight excluding hydrogens is 234 g/mol. The second kappa shape index (κ2) is 3.85. The van der Waals surface area contributed by atoms with E-state index in [4.69, 9.17) is 0 Å². The predicted molar refractivity (Wildman–Crippen MR) is 44.1 cm³/mol. The zero-order valence-corrected chi connectivity index (χ0v) is 7.82. The van der Waals surface area contributed by atoms with Crippen LogP contribution in [0.4, 0.5) is 14.5 Å². The van der Waals surface area contributed by atoms with E-state index in [0.717, 1.165) is 6.07 Å². The van der Waals surface area contributed by atoms with Crippen molar-refractivity contribution in [1.29, 1.82) is 0 Å². The second-order valence-corrected chi connectivity index (χ2v) is 4.28. The van der Waals surface area contributed by atoms with Crippen molar-refractivity contribution in [2.75, 3.05) is 0 Å². The highest BCUT2D eigenvalue weighted by molar-refractivity contribution is 7.91. The predicted octanol–water partition coefficient (Wildman–Crippen LogP) is 0.986. The Morgan fingerprint density at radius 3 is 2.33 bits per heavy atom. The van der Waals surface area contributed by atoms with Crippen LogP contribution in [-0.2, 0) is 9.84 Å². The molecule has 82 valence electrons. The average molecular weight is 238 g/mol. The molecule has 0 aromatic carbocycles. The molecule has 6 nitrogen and oxygen atoms in total. The Morgan fingerprint density at radius 2 is 2.00 bits per heavy atom. The number of nitro groups is 1. The van der Waals surface area contributed by atoms with Gasteiger partial charge in [-0.2, -0.15) is 8.78 Å². The van der Waals surface area contributed by atoms with Crippen molar-refractivity contribution >= 4 is 15.5 Å². The topological polar surface area (TPSA) is 90.2 Å². The van der Waals surface area contributed by atoms with Crippen LogP contribution in [0, 0.1) is 10.1 Å². The third-order valence-corrected chi connectivity index (χ3v) is 2.75. The van der Waals surface area contributed by atoms with Gasteiger partial charge in [-0.05, 0) is 6.07 Å². The van der Waals surface area contributed by atoms with Crippen LogP contribution >= 0.6 is 0 Å². The van der Waals surface area contributed by atoms with Gasteiger partial charge < -0.3 is 0 Å². The molecule has 1 aromatic heterocycles. The fraction of sp³-hybridized carbons (Fsp3) is 0.167. The van der Waals surface area contributed by atoms with Gasteiger partial charge in [0.1, 0.15) is 6.20 Å². The maximum absolute atomic E-state index is 12.0. The molecule has 0 atom stereocenters. The van der Waals surface area contributed by atoms with Crippen LogP contribution < -0.4 is 0 Å². The summed E-state index contributed by atoms with van der Waals surface area (Å²) in [4.78, 5) is 12.4. The lowest BCUT2D eigenvalue weighted by molar-refractivity contribution is -0.385. The van der Waals surface area contributed by atoms with E-state index in [0.29, 0.717) is 12.3 Å². The second-order valence-electron chi connectivity index (χ2n) is 2.42. The Morgan fingerprint density at radius 1 is 1.40 bits per heavy atom. The van der Waals surface area contributed by atoms with Gasteiger partial charge in [-0.15, -0.1) is 0 Å². The Balaban J connectivity index is 3.15. The lowest BCUT2D eigenvalue weighted by Crippen LogP contribution is -2.12. The van der Waals surface area contributed by atoms with E-state index in [9.17, 15) is 27.3 Å². The number of aromatic nitrogens is 1. The Bertz CT molecular complexity index is 470. The van der Waals surface area contributed by atoms with Gasteiger partial charge in [0.25, 0.3) is 15.5 Å². The zero-order valence-electron chi connectivity index (χ0n) is 7.00. The van der Waals surface area contributed by atoms with Crippen molar-refractivity contribution in [3.63, 3.8) is 0 Å². The number of hydrogen-bond donors (Lipinski definition) is 0. The van der Waals surface area contributed by atoms with E-state index in [2.05, 4.69) is 4.98 Å². The fourth-order valence-corrected chi connectivity index (χ4v) is 1.38. The minimum atomic E-state index is -4.79. The highest BCUT2D eigenvalue weighted by Gasteiger charge is 2.28. The van der Waals surface area contributed by atoms with Gasteiger partial charge in [-0.1, -0.05) is 0 Å². The molecule has 1 heterocycles. The zero-order chi connectivity index (χ0) is 11.6. The summed E-state index contributed by atoms with van der Waals surface area (Å²) < 4.78 is 45.7. The molecule has 0 unspecified atom stereocenters. The summed E-state index contributed by atoms with van der Waals surface area (Å²) in [6.07, 6.45) is 0.606. The first-order chi connectivity index (χ1) is 6.85. The maximum Gasteiger partial charge on any atom is 0.342 e. The molecule has 0 bridgehead atoms. The molecule has 0 fully saturated rings. The number of alkyl halides is 2. The van der Waals surface area contributed by atoms with Gasteiger partial charge in [-0.25, -0.2) is 13.4 Å².